The maximum atomic E-state index is 12.5. The number of carboxylic acids is 1. The summed E-state index contributed by atoms with van der Waals surface area (Å²) >= 11 is 0. The first-order valence-corrected chi connectivity index (χ1v) is 10.9. The molecule has 1 heterocycles. The second-order valence-corrected chi connectivity index (χ2v) is 8.72. The summed E-state index contributed by atoms with van der Waals surface area (Å²) in [5.74, 6) is -1.62. The number of anilines is 1. The van der Waals surface area contributed by atoms with E-state index in [1.165, 1.54) is 37.8 Å². The van der Waals surface area contributed by atoms with Crippen LogP contribution in [0.15, 0.2) is 60.9 Å². The van der Waals surface area contributed by atoms with Gasteiger partial charge in [-0.15, -0.1) is 0 Å². The summed E-state index contributed by atoms with van der Waals surface area (Å²) in [6.07, 6.45) is 2.07. The Balaban J connectivity index is 1.34. The van der Waals surface area contributed by atoms with Gasteiger partial charge in [-0.2, -0.15) is 5.10 Å². The molecule has 0 bridgehead atoms. The number of nitrogens with zero attached hydrogens (tertiary/aromatic N) is 2. The van der Waals surface area contributed by atoms with Crippen LogP contribution in [0, 0.1) is 0 Å². The Hall–Kier alpha value is -4.14. The number of fused-ring (bicyclic) bond motifs is 3. The molecule has 0 radical (unpaired) electrons. The minimum Gasteiger partial charge on any atom is -0.479 e. The average molecular weight is 463 g/mol. The van der Waals surface area contributed by atoms with Crippen LogP contribution >= 0.6 is 0 Å². The van der Waals surface area contributed by atoms with E-state index in [2.05, 4.69) is 27.9 Å². The number of alkyl carbamates (subject to hydrolysis) is 1. The number of hydrogen-bond acceptors (Lipinski definition) is 5. The van der Waals surface area contributed by atoms with Gasteiger partial charge in [0, 0.05) is 12.1 Å². The van der Waals surface area contributed by atoms with Gasteiger partial charge in [-0.1, -0.05) is 48.5 Å². The molecule has 0 fully saturated rings. The number of rotatable bonds is 7. The lowest BCUT2D eigenvalue weighted by atomic mass is 9.98. The molecule has 0 saturated carbocycles. The first-order chi connectivity index (χ1) is 16.2. The summed E-state index contributed by atoms with van der Waals surface area (Å²) in [6.45, 7) is 4.66. The molecule has 4 rings (SSSR count). The van der Waals surface area contributed by atoms with Crippen LogP contribution in [0.1, 0.15) is 37.8 Å². The highest BCUT2D eigenvalue weighted by atomic mass is 16.5. The quantitative estimate of drug-likeness (QED) is 0.493. The van der Waals surface area contributed by atoms with Crippen molar-refractivity contribution in [1.29, 1.82) is 0 Å². The molecular weight excluding hydrogens is 436 g/mol. The molecule has 2 aromatic carbocycles. The fourth-order valence-electron chi connectivity index (χ4n) is 3.92. The lowest BCUT2D eigenvalue weighted by molar-refractivity contribution is -0.146. The van der Waals surface area contributed by atoms with Gasteiger partial charge in [0.15, 0.2) is 5.54 Å². The largest absolute Gasteiger partial charge is 0.479 e. The zero-order valence-corrected chi connectivity index (χ0v) is 19.1. The summed E-state index contributed by atoms with van der Waals surface area (Å²) in [4.78, 5) is 36.3. The van der Waals surface area contributed by atoms with Gasteiger partial charge in [0.05, 0.1) is 11.9 Å². The van der Waals surface area contributed by atoms with E-state index in [1.807, 2.05) is 36.4 Å². The summed E-state index contributed by atoms with van der Waals surface area (Å²) in [5.41, 5.74) is 3.51. The molecule has 9 nitrogen and oxygen atoms in total. The van der Waals surface area contributed by atoms with Crippen molar-refractivity contribution < 1.29 is 24.2 Å². The van der Waals surface area contributed by atoms with Gasteiger partial charge in [0.1, 0.15) is 12.6 Å². The van der Waals surface area contributed by atoms with Crippen LogP contribution in [0.5, 0.6) is 0 Å². The first kappa shape index (κ1) is 23.0. The second-order valence-electron chi connectivity index (χ2n) is 8.72. The highest BCUT2D eigenvalue weighted by Crippen LogP contribution is 2.44. The van der Waals surface area contributed by atoms with Gasteiger partial charge >= 0.3 is 12.1 Å². The third-order valence-electron chi connectivity index (χ3n) is 6.02. The molecule has 1 unspecified atom stereocenters. The zero-order valence-electron chi connectivity index (χ0n) is 19.1. The highest BCUT2D eigenvalue weighted by molar-refractivity contribution is 5.96. The number of nitrogens with one attached hydrogen (secondary N) is 2. The molecule has 0 saturated heterocycles. The van der Waals surface area contributed by atoms with Gasteiger partial charge in [-0.3, -0.25) is 9.48 Å². The van der Waals surface area contributed by atoms with Gasteiger partial charge in [0.25, 0.3) is 0 Å². The van der Waals surface area contributed by atoms with Crippen LogP contribution in [0.3, 0.4) is 0 Å². The van der Waals surface area contributed by atoms with Crippen molar-refractivity contribution in [2.75, 3.05) is 11.9 Å². The van der Waals surface area contributed by atoms with E-state index in [0.717, 1.165) is 22.3 Å². The molecule has 1 aliphatic rings. The number of carbonyl (C=O) groups excluding carboxylic acids is 2. The molecule has 1 atom stereocenters. The SMILES string of the molecule is CC(NC(=O)OCC1c2ccccc2-c2ccccc21)C(=O)Nc1cnn(C(C)(C)C(=O)O)c1. The van der Waals surface area contributed by atoms with Gasteiger partial charge < -0.3 is 20.5 Å². The maximum absolute atomic E-state index is 12.5. The number of amides is 2. The van der Waals surface area contributed by atoms with E-state index in [0.29, 0.717) is 5.69 Å². The summed E-state index contributed by atoms with van der Waals surface area (Å²) in [6, 6.07) is 15.2. The second kappa shape index (κ2) is 9.01. The standard InChI is InChI=1S/C25H26N4O5/c1-15(22(30)28-16-12-26-29(13-16)25(2,3)23(31)32)27-24(33)34-14-21-19-10-6-4-8-17(19)18-9-5-7-11-20(18)21/h4-13,15,21H,14H2,1-3H3,(H,27,33)(H,28,30)(H,31,32). The Morgan fingerprint density at radius 2 is 1.68 bits per heavy atom. The molecule has 3 aromatic rings. The van der Waals surface area contributed by atoms with Crippen LogP contribution < -0.4 is 10.6 Å². The number of ether oxygens (including phenoxy) is 1. The predicted octanol–water partition coefficient (Wildman–Crippen LogP) is 3.57. The number of carbonyl (C=O) groups is 3. The van der Waals surface area contributed by atoms with Crippen molar-refractivity contribution in [2.45, 2.75) is 38.3 Å². The first-order valence-electron chi connectivity index (χ1n) is 10.9. The van der Waals surface area contributed by atoms with Crippen molar-refractivity contribution >= 4 is 23.7 Å². The van der Waals surface area contributed by atoms with Crippen LogP contribution in [0.2, 0.25) is 0 Å². The number of aromatic nitrogens is 2. The third-order valence-corrected chi connectivity index (χ3v) is 6.02. The number of carboxylic acid groups (broad SMARTS) is 1. The van der Waals surface area contributed by atoms with E-state index < -0.39 is 29.6 Å². The smallest absolute Gasteiger partial charge is 0.407 e. The van der Waals surface area contributed by atoms with Crippen molar-refractivity contribution in [2.24, 2.45) is 0 Å². The summed E-state index contributed by atoms with van der Waals surface area (Å²) in [7, 11) is 0. The van der Waals surface area contributed by atoms with Crippen molar-refractivity contribution in [1.82, 2.24) is 15.1 Å². The monoisotopic (exact) mass is 462 g/mol. The van der Waals surface area contributed by atoms with Crippen LogP contribution in [-0.2, 0) is 19.9 Å². The van der Waals surface area contributed by atoms with Gasteiger partial charge in [-0.05, 0) is 43.0 Å². The normalized spacial score (nSPS) is 13.5. The Morgan fingerprint density at radius 1 is 1.09 bits per heavy atom. The predicted molar refractivity (Wildman–Crippen MR) is 125 cm³/mol. The van der Waals surface area contributed by atoms with E-state index >= 15 is 0 Å². The summed E-state index contributed by atoms with van der Waals surface area (Å²) in [5, 5.41) is 18.5. The molecule has 1 aromatic heterocycles. The molecule has 2 amide bonds. The fraction of sp³-hybridized carbons (Fsp3) is 0.280. The third kappa shape index (κ3) is 4.36. The minimum absolute atomic E-state index is 0.0780. The molecule has 9 heteroatoms. The van der Waals surface area contributed by atoms with Crippen LogP contribution in [0.25, 0.3) is 11.1 Å². The van der Waals surface area contributed by atoms with E-state index in [-0.39, 0.29) is 12.5 Å². The topological polar surface area (TPSA) is 123 Å². The molecular formula is C25H26N4O5. The molecule has 3 N–H and O–H groups in total. The minimum atomic E-state index is -1.27. The van der Waals surface area contributed by atoms with E-state index in [4.69, 9.17) is 4.74 Å². The van der Waals surface area contributed by atoms with Crippen molar-refractivity contribution in [3.05, 3.63) is 72.1 Å². The average Bonchev–Trinajstić information content (AvgIpc) is 3.41. The van der Waals surface area contributed by atoms with Crippen LogP contribution in [0.4, 0.5) is 10.5 Å². The Labute approximate surface area is 196 Å². The van der Waals surface area contributed by atoms with Crippen molar-refractivity contribution in [3.63, 3.8) is 0 Å². The summed E-state index contributed by atoms with van der Waals surface area (Å²) < 4.78 is 6.72. The molecule has 0 aliphatic heterocycles. The lowest BCUT2D eigenvalue weighted by Crippen LogP contribution is -2.42. The van der Waals surface area contributed by atoms with Crippen LogP contribution in [-0.4, -0.2) is 45.5 Å². The van der Waals surface area contributed by atoms with Crippen molar-refractivity contribution in [3.8, 4) is 11.1 Å². The lowest BCUT2D eigenvalue weighted by Gasteiger charge is -2.19. The van der Waals surface area contributed by atoms with Gasteiger partial charge in [0.2, 0.25) is 5.91 Å². The Kier molecular flexibility index (Phi) is 6.10. The van der Waals surface area contributed by atoms with E-state index in [1.54, 1.807) is 0 Å². The van der Waals surface area contributed by atoms with Gasteiger partial charge in [-0.25, -0.2) is 9.59 Å². The maximum Gasteiger partial charge on any atom is 0.407 e. The molecule has 1 aliphatic carbocycles. The molecule has 0 spiro atoms. The fourth-order valence-corrected chi connectivity index (χ4v) is 3.92. The number of aliphatic carboxylic acids is 1. The number of benzene rings is 2. The van der Waals surface area contributed by atoms with E-state index in [9.17, 15) is 19.5 Å². The molecule has 176 valence electrons. The molecule has 34 heavy (non-hydrogen) atoms. The zero-order chi connectivity index (χ0) is 24.5. The highest BCUT2D eigenvalue weighted by Gasteiger charge is 2.31. The Morgan fingerprint density at radius 3 is 2.26 bits per heavy atom. The number of hydrogen-bond donors (Lipinski definition) is 3. The Bertz CT molecular complexity index is 1200.